The van der Waals surface area contributed by atoms with Gasteiger partial charge in [-0.25, -0.2) is 0 Å². The molecule has 0 aliphatic heterocycles. The van der Waals surface area contributed by atoms with Crippen molar-refractivity contribution in [1.29, 1.82) is 0 Å². The van der Waals surface area contributed by atoms with Gasteiger partial charge in [0.05, 0.1) is 13.4 Å². The van der Waals surface area contributed by atoms with E-state index in [1.54, 1.807) is 13.4 Å². The predicted molar refractivity (Wildman–Crippen MR) is 82.8 cm³/mol. The zero-order valence-electron chi connectivity index (χ0n) is 12.9. The van der Waals surface area contributed by atoms with Gasteiger partial charge in [-0.05, 0) is 43.7 Å². The van der Waals surface area contributed by atoms with Gasteiger partial charge in [-0.2, -0.15) is 0 Å². The molecule has 0 saturated carbocycles. The third-order valence-electron chi connectivity index (χ3n) is 3.26. The van der Waals surface area contributed by atoms with E-state index in [4.69, 9.17) is 13.9 Å². The lowest BCUT2D eigenvalue weighted by molar-refractivity contribution is 0.254. The molecule has 0 unspecified atom stereocenters. The fourth-order valence-electron chi connectivity index (χ4n) is 2.09. The lowest BCUT2D eigenvalue weighted by atomic mass is 10.2. The largest absolute Gasteiger partial charge is 0.493 e. The molecule has 0 radical (unpaired) electrons. The van der Waals surface area contributed by atoms with Crippen LogP contribution in [0.2, 0.25) is 0 Å². The summed E-state index contributed by atoms with van der Waals surface area (Å²) in [4.78, 5) is 0. The maximum absolute atomic E-state index is 5.83. The van der Waals surface area contributed by atoms with Crippen LogP contribution in [0.4, 0.5) is 0 Å². The molecule has 4 nitrogen and oxygen atoms in total. The number of nitrogens with one attached hydrogen (secondary N) is 1. The molecule has 0 atom stereocenters. The zero-order valence-corrected chi connectivity index (χ0v) is 12.9. The molecule has 1 N–H and O–H groups in total. The van der Waals surface area contributed by atoms with Gasteiger partial charge in [-0.15, -0.1) is 0 Å². The van der Waals surface area contributed by atoms with Crippen molar-refractivity contribution in [2.75, 3.05) is 13.7 Å². The highest BCUT2D eigenvalue weighted by Crippen LogP contribution is 2.28. The summed E-state index contributed by atoms with van der Waals surface area (Å²) in [5.74, 6) is 2.32. The number of furan rings is 1. The molecule has 0 bridgehead atoms. The Balaban J connectivity index is 1.98. The predicted octanol–water partition coefficient (Wildman–Crippen LogP) is 3.68. The van der Waals surface area contributed by atoms with Gasteiger partial charge in [0.15, 0.2) is 11.5 Å². The van der Waals surface area contributed by atoms with Crippen molar-refractivity contribution in [2.45, 2.75) is 33.4 Å². The van der Waals surface area contributed by atoms with Crippen molar-refractivity contribution >= 4 is 0 Å². The first-order valence-electron chi connectivity index (χ1n) is 7.28. The second-order valence-corrected chi connectivity index (χ2v) is 4.99. The summed E-state index contributed by atoms with van der Waals surface area (Å²) in [6, 6.07) is 7.87. The van der Waals surface area contributed by atoms with Crippen LogP contribution < -0.4 is 14.8 Å². The summed E-state index contributed by atoms with van der Waals surface area (Å²) in [6.45, 7) is 6.37. The molecule has 2 aromatic rings. The van der Waals surface area contributed by atoms with Crippen molar-refractivity contribution in [3.05, 3.63) is 47.4 Å². The second-order valence-electron chi connectivity index (χ2n) is 4.99. The van der Waals surface area contributed by atoms with Crippen LogP contribution in [0.1, 0.15) is 30.2 Å². The molecule has 0 fully saturated rings. The van der Waals surface area contributed by atoms with Crippen molar-refractivity contribution in [3.8, 4) is 11.5 Å². The lowest BCUT2D eigenvalue weighted by Gasteiger charge is -2.11. The quantitative estimate of drug-likeness (QED) is 0.753. The van der Waals surface area contributed by atoms with Gasteiger partial charge in [0, 0.05) is 12.1 Å². The highest BCUT2D eigenvalue weighted by atomic mass is 16.5. The van der Waals surface area contributed by atoms with E-state index < -0.39 is 0 Å². The monoisotopic (exact) mass is 289 g/mol. The van der Waals surface area contributed by atoms with Crippen LogP contribution >= 0.6 is 0 Å². The van der Waals surface area contributed by atoms with Crippen molar-refractivity contribution in [1.82, 2.24) is 5.32 Å². The molecule has 0 spiro atoms. The Morgan fingerprint density at radius 3 is 2.81 bits per heavy atom. The summed E-state index contributed by atoms with van der Waals surface area (Å²) in [5, 5.41) is 3.37. The SMILES string of the molecule is CCCNCc1ccoc1COc1ccc(C)cc1OC. The first-order valence-corrected chi connectivity index (χ1v) is 7.28. The van der Waals surface area contributed by atoms with E-state index in [1.165, 1.54) is 0 Å². The third-order valence-corrected chi connectivity index (χ3v) is 3.26. The van der Waals surface area contributed by atoms with Gasteiger partial charge in [0.1, 0.15) is 12.4 Å². The molecule has 2 rings (SSSR count). The lowest BCUT2D eigenvalue weighted by Crippen LogP contribution is -2.14. The minimum absolute atomic E-state index is 0.398. The van der Waals surface area contributed by atoms with Crippen molar-refractivity contribution < 1.29 is 13.9 Å². The number of rotatable bonds is 8. The Morgan fingerprint density at radius 1 is 1.19 bits per heavy atom. The van der Waals surface area contributed by atoms with Crippen molar-refractivity contribution in [2.24, 2.45) is 0 Å². The highest BCUT2D eigenvalue weighted by molar-refractivity contribution is 5.42. The molecular formula is C17H23NO3. The number of methoxy groups -OCH3 is 1. The summed E-state index contributed by atoms with van der Waals surface area (Å²) in [7, 11) is 1.65. The Hall–Kier alpha value is -1.94. The van der Waals surface area contributed by atoms with Crippen LogP contribution in [0.3, 0.4) is 0 Å². The average Bonchev–Trinajstić information content (AvgIpc) is 2.93. The van der Waals surface area contributed by atoms with Crippen LogP contribution in [-0.4, -0.2) is 13.7 Å². The number of aryl methyl sites for hydroxylation is 1. The third kappa shape index (κ3) is 4.26. The number of benzene rings is 1. The number of hydrogen-bond donors (Lipinski definition) is 1. The molecule has 0 aliphatic carbocycles. The van der Waals surface area contributed by atoms with E-state index in [0.717, 1.165) is 47.9 Å². The summed E-state index contributed by atoms with van der Waals surface area (Å²) in [5.41, 5.74) is 2.27. The van der Waals surface area contributed by atoms with E-state index in [1.807, 2.05) is 31.2 Å². The summed E-state index contributed by atoms with van der Waals surface area (Å²) >= 11 is 0. The first-order chi connectivity index (χ1) is 10.2. The van der Waals surface area contributed by atoms with Crippen molar-refractivity contribution in [3.63, 3.8) is 0 Å². The van der Waals surface area contributed by atoms with E-state index in [-0.39, 0.29) is 0 Å². The van der Waals surface area contributed by atoms with Crippen LogP contribution in [-0.2, 0) is 13.2 Å². The fraction of sp³-hybridized carbons (Fsp3) is 0.412. The van der Waals surface area contributed by atoms with Gasteiger partial charge in [0.25, 0.3) is 0 Å². The van der Waals surface area contributed by atoms with E-state index in [9.17, 15) is 0 Å². The minimum Gasteiger partial charge on any atom is -0.493 e. The van der Waals surface area contributed by atoms with E-state index >= 15 is 0 Å². The van der Waals surface area contributed by atoms with Gasteiger partial charge in [-0.1, -0.05) is 13.0 Å². The van der Waals surface area contributed by atoms with E-state index in [0.29, 0.717) is 6.61 Å². The Kier molecular flexibility index (Phi) is 5.69. The standard InChI is InChI=1S/C17H23NO3/c1-4-8-18-11-14-7-9-20-17(14)12-21-15-6-5-13(2)10-16(15)19-3/h5-7,9-10,18H,4,8,11-12H2,1-3H3. The maximum Gasteiger partial charge on any atom is 0.161 e. The Bertz CT molecular complexity index is 563. The molecule has 0 saturated heterocycles. The minimum atomic E-state index is 0.398. The van der Waals surface area contributed by atoms with Gasteiger partial charge < -0.3 is 19.2 Å². The Labute approximate surface area is 126 Å². The second kappa shape index (κ2) is 7.74. The topological polar surface area (TPSA) is 43.6 Å². The normalized spacial score (nSPS) is 10.6. The smallest absolute Gasteiger partial charge is 0.161 e. The van der Waals surface area contributed by atoms with Crippen LogP contribution in [0.25, 0.3) is 0 Å². The summed E-state index contributed by atoms with van der Waals surface area (Å²) < 4.78 is 16.7. The summed E-state index contributed by atoms with van der Waals surface area (Å²) in [6.07, 6.45) is 2.82. The van der Waals surface area contributed by atoms with Gasteiger partial charge in [0.2, 0.25) is 0 Å². The van der Waals surface area contributed by atoms with Crippen LogP contribution in [0.5, 0.6) is 11.5 Å². The van der Waals surface area contributed by atoms with Gasteiger partial charge in [-0.3, -0.25) is 0 Å². The first kappa shape index (κ1) is 15.4. The number of ether oxygens (including phenoxy) is 2. The molecule has 1 aromatic heterocycles. The average molecular weight is 289 g/mol. The number of hydrogen-bond acceptors (Lipinski definition) is 4. The maximum atomic E-state index is 5.83. The van der Waals surface area contributed by atoms with Gasteiger partial charge >= 0.3 is 0 Å². The van der Waals surface area contributed by atoms with Crippen LogP contribution in [0.15, 0.2) is 34.9 Å². The molecule has 4 heteroatoms. The zero-order chi connectivity index (χ0) is 15.1. The molecule has 0 amide bonds. The molecule has 21 heavy (non-hydrogen) atoms. The fourth-order valence-corrected chi connectivity index (χ4v) is 2.09. The van der Waals surface area contributed by atoms with E-state index in [2.05, 4.69) is 12.2 Å². The molecular weight excluding hydrogens is 266 g/mol. The molecule has 114 valence electrons. The molecule has 1 aromatic carbocycles. The van der Waals surface area contributed by atoms with Crippen LogP contribution in [0, 0.1) is 6.92 Å². The highest BCUT2D eigenvalue weighted by Gasteiger charge is 2.09. The Morgan fingerprint density at radius 2 is 2.05 bits per heavy atom. The molecule has 1 heterocycles. The molecule has 0 aliphatic rings.